The van der Waals surface area contributed by atoms with E-state index in [9.17, 15) is 22.4 Å². The maximum Gasteiger partial charge on any atom is 0.285 e. The summed E-state index contributed by atoms with van der Waals surface area (Å²) in [5.41, 5.74) is 9.28. The smallest absolute Gasteiger partial charge is 0.285 e. The number of aliphatic hydroxyl groups excluding tert-OH is 1. The number of piperidine rings is 1. The maximum atomic E-state index is 14.8. The molecule has 1 saturated heterocycles. The van der Waals surface area contributed by atoms with Gasteiger partial charge in [-0.25, -0.2) is 27.6 Å². The fourth-order valence-corrected chi connectivity index (χ4v) is 4.24. The van der Waals surface area contributed by atoms with Gasteiger partial charge in [-0.05, 0) is 37.1 Å². The Hall–Kier alpha value is -4.01. The summed E-state index contributed by atoms with van der Waals surface area (Å²) in [5, 5.41) is 21.9. The number of carbonyl (C=O) groups is 1. The van der Waals surface area contributed by atoms with Crippen LogP contribution in [0.4, 0.5) is 34.9 Å². The van der Waals surface area contributed by atoms with Gasteiger partial charge in [-0.15, -0.1) is 5.10 Å². The zero-order chi connectivity index (χ0) is 27.6. The summed E-state index contributed by atoms with van der Waals surface area (Å²) in [5.74, 6) is -4.13. The molecule has 2 atom stereocenters. The molecule has 38 heavy (non-hydrogen) atoms. The van der Waals surface area contributed by atoms with Crippen molar-refractivity contribution in [3.05, 3.63) is 30.5 Å². The van der Waals surface area contributed by atoms with Crippen LogP contribution in [-0.2, 0) is 4.79 Å². The first-order chi connectivity index (χ1) is 18.1. The van der Waals surface area contributed by atoms with Crippen LogP contribution in [0.1, 0.15) is 13.3 Å². The molecule has 0 aliphatic carbocycles. The normalized spacial score (nSPS) is 17.9. The predicted octanol–water partition coefficient (Wildman–Crippen LogP) is 3.77. The standard InChI is InChI=1S/C23H26F4N8O3/c1-12(20(24)25)29-16-9-13(3-4-15(16)32-28)14-5-8-35-19(14)21(38-2)31-22(33-35)30-17-6-7-34(18(37)10-36)11-23(17,26)27/h3-5,8-9,12,17,20,28-29,36H,6-7,10-11H2,1-2H3,(H,30,33)/t12-,17+/m0/s1. The first-order valence-electron chi connectivity index (χ1n) is 11.6. The highest BCUT2D eigenvalue weighted by molar-refractivity contribution is 5.87. The summed E-state index contributed by atoms with van der Waals surface area (Å²) in [6.07, 6.45) is -1.17. The summed E-state index contributed by atoms with van der Waals surface area (Å²) in [7, 11) is 1.36. The van der Waals surface area contributed by atoms with E-state index in [4.69, 9.17) is 15.4 Å². The fourth-order valence-electron chi connectivity index (χ4n) is 4.24. The van der Waals surface area contributed by atoms with Gasteiger partial charge in [0.1, 0.15) is 17.8 Å². The molecule has 0 bridgehead atoms. The Bertz CT molecular complexity index is 1340. The molecule has 204 valence electrons. The molecular formula is C23H26F4N8O3. The Balaban J connectivity index is 1.65. The highest BCUT2D eigenvalue weighted by atomic mass is 19.3. The van der Waals surface area contributed by atoms with Crippen molar-refractivity contribution in [1.82, 2.24) is 19.5 Å². The average molecular weight is 539 g/mol. The van der Waals surface area contributed by atoms with Gasteiger partial charge in [-0.3, -0.25) is 4.79 Å². The summed E-state index contributed by atoms with van der Waals surface area (Å²) in [6, 6.07) is 3.84. The number of amides is 1. The van der Waals surface area contributed by atoms with Crippen molar-refractivity contribution in [2.45, 2.75) is 37.8 Å². The lowest BCUT2D eigenvalue weighted by atomic mass is 10.0. The lowest BCUT2D eigenvalue weighted by Crippen LogP contribution is -2.56. The third-order valence-corrected chi connectivity index (χ3v) is 6.25. The van der Waals surface area contributed by atoms with Crippen molar-refractivity contribution in [3.63, 3.8) is 0 Å². The molecular weight excluding hydrogens is 512 g/mol. The number of likely N-dealkylation sites (tertiary alicyclic amines) is 1. The van der Waals surface area contributed by atoms with Gasteiger partial charge in [0.05, 0.1) is 31.4 Å². The van der Waals surface area contributed by atoms with Crippen LogP contribution in [0.3, 0.4) is 0 Å². The van der Waals surface area contributed by atoms with Crippen molar-refractivity contribution in [3.8, 4) is 17.0 Å². The summed E-state index contributed by atoms with van der Waals surface area (Å²) >= 11 is 0. The molecule has 0 spiro atoms. The molecule has 1 amide bonds. The summed E-state index contributed by atoms with van der Waals surface area (Å²) in [6.45, 7) is -0.355. The van der Waals surface area contributed by atoms with Crippen LogP contribution in [-0.4, -0.2) is 81.7 Å². The van der Waals surface area contributed by atoms with Crippen LogP contribution >= 0.6 is 0 Å². The number of ether oxygens (including phenoxy) is 1. The van der Waals surface area contributed by atoms with Gasteiger partial charge < -0.3 is 25.4 Å². The number of carbonyl (C=O) groups excluding carboxylic acids is 1. The van der Waals surface area contributed by atoms with E-state index in [-0.39, 0.29) is 36.2 Å². The maximum absolute atomic E-state index is 14.8. The first-order valence-corrected chi connectivity index (χ1v) is 11.6. The minimum absolute atomic E-state index is 0.0286. The second-order valence-corrected chi connectivity index (χ2v) is 8.80. The van der Waals surface area contributed by atoms with E-state index in [0.717, 1.165) is 4.90 Å². The Morgan fingerprint density at radius 1 is 1.37 bits per heavy atom. The van der Waals surface area contributed by atoms with Crippen molar-refractivity contribution >= 4 is 28.7 Å². The molecule has 0 radical (unpaired) electrons. The van der Waals surface area contributed by atoms with Crippen molar-refractivity contribution in [2.75, 3.05) is 37.4 Å². The minimum Gasteiger partial charge on any atom is -0.479 e. The minimum atomic E-state index is -3.31. The van der Waals surface area contributed by atoms with E-state index in [1.807, 2.05) is 0 Å². The van der Waals surface area contributed by atoms with Crippen molar-refractivity contribution < 1.29 is 32.2 Å². The van der Waals surface area contributed by atoms with Gasteiger partial charge in [0, 0.05) is 18.3 Å². The van der Waals surface area contributed by atoms with E-state index in [1.165, 1.54) is 24.6 Å². The number of anilines is 2. The van der Waals surface area contributed by atoms with Crippen LogP contribution in [0.25, 0.3) is 16.6 Å². The zero-order valence-corrected chi connectivity index (χ0v) is 20.5. The second kappa shape index (κ2) is 10.8. The summed E-state index contributed by atoms with van der Waals surface area (Å²) < 4.78 is 62.5. The van der Waals surface area contributed by atoms with Crippen LogP contribution in [0.2, 0.25) is 0 Å². The number of rotatable bonds is 9. The van der Waals surface area contributed by atoms with Crippen molar-refractivity contribution in [1.29, 1.82) is 5.53 Å². The number of aromatic nitrogens is 3. The average Bonchev–Trinajstić information content (AvgIpc) is 3.32. The van der Waals surface area contributed by atoms with E-state index in [0.29, 0.717) is 16.6 Å². The number of hydrogen-bond donors (Lipinski definition) is 4. The Kier molecular flexibility index (Phi) is 7.66. The number of halogens is 4. The lowest BCUT2D eigenvalue weighted by Gasteiger charge is -2.38. The fraction of sp³-hybridized carbons (Fsp3) is 0.435. The third kappa shape index (κ3) is 5.32. The van der Waals surface area contributed by atoms with Crippen LogP contribution < -0.4 is 15.4 Å². The van der Waals surface area contributed by atoms with Crippen LogP contribution in [0.15, 0.2) is 35.6 Å². The first kappa shape index (κ1) is 27.0. The van der Waals surface area contributed by atoms with Gasteiger partial charge >= 0.3 is 0 Å². The van der Waals surface area contributed by atoms with Crippen LogP contribution in [0.5, 0.6) is 5.88 Å². The third-order valence-electron chi connectivity index (χ3n) is 6.25. The molecule has 2 aromatic heterocycles. The molecule has 1 aliphatic heterocycles. The van der Waals surface area contributed by atoms with Gasteiger partial charge in [-0.1, -0.05) is 6.07 Å². The topological polar surface area (TPSA) is 140 Å². The Morgan fingerprint density at radius 2 is 2.13 bits per heavy atom. The molecule has 3 heterocycles. The number of nitrogens with one attached hydrogen (secondary N) is 3. The summed E-state index contributed by atoms with van der Waals surface area (Å²) in [4.78, 5) is 16.8. The Morgan fingerprint density at radius 3 is 2.76 bits per heavy atom. The molecule has 4 rings (SSSR count). The number of benzene rings is 1. The van der Waals surface area contributed by atoms with Crippen molar-refractivity contribution in [2.24, 2.45) is 5.11 Å². The van der Waals surface area contributed by atoms with Gasteiger partial charge in [-0.2, -0.15) is 10.1 Å². The van der Waals surface area contributed by atoms with Gasteiger partial charge in [0.15, 0.2) is 0 Å². The number of aliphatic hydroxyl groups is 1. The number of alkyl halides is 4. The zero-order valence-electron chi connectivity index (χ0n) is 20.5. The SMILES string of the molecule is COc1nc(N[C@@H]2CCN(C(=O)CO)CC2(F)F)nn2ccc(-c3ccc(N=N)c(N[C@@H](C)C(F)F)c3)c12. The van der Waals surface area contributed by atoms with Gasteiger partial charge in [0.25, 0.3) is 12.3 Å². The molecule has 1 aliphatic rings. The lowest BCUT2D eigenvalue weighted by molar-refractivity contribution is -0.145. The predicted molar refractivity (Wildman–Crippen MR) is 130 cm³/mol. The van der Waals surface area contributed by atoms with E-state index < -0.39 is 43.5 Å². The molecule has 4 N–H and O–H groups in total. The monoisotopic (exact) mass is 538 g/mol. The molecule has 1 fully saturated rings. The number of nitrogens with zero attached hydrogens (tertiary/aromatic N) is 5. The largest absolute Gasteiger partial charge is 0.479 e. The number of methoxy groups -OCH3 is 1. The second-order valence-electron chi connectivity index (χ2n) is 8.80. The molecule has 0 saturated carbocycles. The van der Waals surface area contributed by atoms with E-state index in [1.54, 1.807) is 24.4 Å². The Labute approximate surface area is 214 Å². The quantitative estimate of drug-likeness (QED) is 0.240. The highest BCUT2D eigenvalue weighted by Crippen LogP contribution is 2.37. The number of fused-ring (bicyclic) bond motifs is 1. The molecule has 0 unspecified atom stereocenters. The molecule has 11 nitrogen and oxygen atoms in total. The molecule has 3 aromatic rings. The number of hydrogen-bond acceptors (Lipinski definition) is 9. The molecule has 15 heteroatoms. The molecule has 1 aromatic carbocycles. The highest BCUT2D eigenvalue weighted by Gasteiger charge is 2.46. The van der Waals surface area contributed by atoms with E-state index in [2.05, 4.69) is 25.8 Å². The van der Waals surface area contributed by atoms with Crippen LogP contribution in [0, 0.1) is 5.53 Å². The van der Waals surface area contributed by atoms with Gasteiger partial charge in [0.2, 0.25) is 17.7 Å². The van der Waals surface area contributed by atoms with E-state index >= 15 is 0 Å².